The number of likely N-dealkylation sites (tertiary alicyclic amines) is 1. The van der Waals surface area contributed by atoms with Crippen molar-refractivity contribution in [2.45, 2.75) is 36.8 Å². The Morgan fingerprint density at radius 1 is 1.07 bits per heavy atom. The summed E-state index contributed by atoms with van der Waals surface area (Å²) in [6, 6.07) is 12.9. The molecule has 0 radical (unpaired) electrons. The number of hydrogen-bond acceptors (Lipinski definition) is 5. The number of pyridine rings is 1. The molecular formula is C21H25N3O4S. The second kappa shape index (κ2) is 8.22. The van der Waals surface area contributed by atoms with E-state index in [1.165, 1.54) is 0 Å². The summed E-state index contributed by atoms with van der Waals surface area (Å²) in [5, 5.41) is 0. The number of rotatable bonds is 6. The number of methoxy groups -OCH3 is 1. The minimum absolute atomic E-state index is 0.00649. The number of benzene rings is 1. The van der Waals surface area contributed by atoms with Crippen LogP contribution in [0.2, 0.25) is 0 Å². The minimum Gasteiger partial charge on any atom is -0.369 e. The summed E-state index contributed by atoms with van der Waals surface area (Å²) in [6.45, 7) is 0.842. The number of piperidine rings is 1. The molecule has 2 saturated heterocycles. The molecule has 8 heteroatoms. The van der Waals surface area contributed by atoms with Crippen molar-refractivity contribution in [1.29, 1.82) is 0 Å². The number of ether oxygens (including phenoxy) is 1. The van der Waals surface area contributed by atoms with E-state index in [0.29, 0.717) is 25.9 Å². The van der Waals surface area contributed by atoms with Crippen LogP contribution in [0.25, 0.3) is 0 Å². The molecule has 0 aliphatic carbocycles. The first-order valence-electron chi connectivity index (χ1n) is 9.78. The Morgan fingerprint density at radius 2 is 1.72 bits per heavy atom. The van der Waals surface area contributed by atoms with Crippen LogP contribution in [0.1, 0.15) is 30.0 Å². The minimum atomic E-state index is -3.37. The van der Waals surface area contributed by atoms with Gasteiger partial charge in [-0.15, -0.1) is 0 Å². The van der Waals surface area contributed by atoms with Crippen molar-refractivity contribution in [3.05, 3.63) is 66.0 Å². The fourth-order valence-corrected chi connectivity index (χ4v) is 5.85. The van der Waals surface area contributed by atoms with Crippen molar-refractivity contribution in [2.75, 3.05) is 20.2 Å². The normalized spacial score (nSPS) is 23.8. The SMILES string of the molecule is CO[C@H]1C(=O)N(C2CCN(S(=O)(=O)Cc3ccccc3)CC2)[C@H]1c1ccncc1. The highest BCUT2D eigenvalue weighted by atomic mass is 32.2. The molecule has 3 heterocycles. The molecule has 2 fully saturated rings. The van der Waals surface area contributed by atoms with E-state index in [0.717, 1.165) is 11.1 Å². The summed E-state index contributed by atoms with van der Waals surface area (Å²) in [7, 11) is -1.82. The van der Waals surface area contributed by atoms with Crippen molar-refractivity contribution in [3.63, 3.8) is 0 Å². The van der Waals surface area contributed by atoms with E-state index in [1.807, 2.05) is 47.4 Å². The lowest BCUT2D eigenvalue weighted by Gasteiger charge is -2.52. The second-order valence-electron chi connectivity index (χ2n) is 7.50. The van der Waals surface area contributed by atoms with Crippen molar-refractivity contribution in [3.8, 4) is 0 Å². The van der Waals surface area contributed by atoms with Crippen LogP contribution in [0.5, 0.6) is 0 Å². The lowest BCUT2D eigenvalue weighted by molar-refractivity contribution is -0.178. The predicted octanol–water partition coefficient (Wildman–Crippen LogP) is 1.97. The van der Waals surface area contributed by atoms with Crippen LogP contribution >= 0.6 is 0 Å². The number of hydrogen-bond donors (Lipinski definition) is 0. The zero-order valence-electron chi connectivity index (χ0n) is 16.3. The summed E-state index contributed by atoms with van der Waals surface area (Å²) < 4.78 is 32.5. The summed E-state index contributed by atoms with van der Waals surface area (Å²) in [6.07, 6.45) is 4.18. The molecule has 0 N–H and O–H groups in total. The number of carbonyl (C=O) groups is 1. The predicted molar refractivity (Wildman–Crippen MR) is 108 cm³/mol. The molecule has 29 heavy (non-hydrogen) atoms. The molecule has 1 aromatic carbocycles. The average molecular weight is 416 g/mol. The molecular weight excluding hydrogens is 390 g/mol. The molecule has 0 saturated carbocycles. The zero-order valence-corrected chi connectivity index (χ0v) is 17.2. The van der Waals surface area contributed by atoms with Crippen molar-refractivity contribution >= 4 is 15.9 Å². The van der Waals surface area contributed by atoms with Gasteiger partial charge in [0.25, 0.3) is 5.91 Å². The first-order chi connectivity index (χ1) is 14.0. The van der Waals surface area contributed by atoms with Crippen LogP contribution in [-0.4, -0.2) is 60.9 Å². The van der Waals surface area contributed by atoms with Gasteiger partial charge < -0.3 is 9.64 Å². The third-order valence-corrected chi connectivity index (χ3v) is 7.64. The lowest BCUT2D eigenvalue weighted by atomic mass is 9.87. The maximum Gasteiger partial charge on any atom is 0.255 e. The largest absolute Gasteiger partial charge is 0.369 e. The summed E-state index contributed by atoms with van der Waals surface area (Å²) >= 11 is 0. The highest BCUT2D eigenvalue weighted by Gasteiger charge is 2.52. The van der Waals surface area contributed by atoms with E-state index in [9.17, 15) is 13.2 Å². The van der Waals surface area contributed by atoms with E-state index in [-0.39, 0.29) is 23.7 Å². The Kier molecular flexibility index (Phi) is 5.67. The van der Waals surface area contributed by atoms with E-state index in [1.54, 1.807) is 23.8 Å². The Hall–Kier alpha value is -2.29. The molecule has 1 amide bonds. The van der Waals surface area contributed by atoms with Gasteiger partial charge in [0.05, 0.1) is 11.8 Å². The maximum absolute atomic E-state index is 12.8. The Labute approximate surface area is 171 Å². The van der Waals surface area contributed by atoms with Crippen LogP contribution < -0.4 is 0 Å². The van der Waals surface area contributed by atoms with Crippen LogP contribution in [0.15, 0.2) is 54.9 Å². The highest BCUT2D eigenvalue weighted by molar-refractivity contribution is 7.88. The molecule has 7 nitrogen and oxygen atoms in total. The third kappa shape index (κ3) is 3.92. The van der Waals surface area contributed by atoms with E-state index in [2.05, 4.69) is 4.98 Å². The van der Waals surface area contributed by atoms with Gasteiger partial charge in [-0.05, 0) is 36.1 Å². The van der Waals surface area contributed by atoms with Crippen LogP contribution in [-0.2, 0) is 25.3 Å². The van der Waals surface area contributed by atoms with Gasteiger partial charge in [0, 0.05) is 38.6 Å². The van der Waals surface area contributed by atoms with Gasteiger partial charge in [0.2, 0.25) is 10.0 Å². The van der Waals surface area contributed by atoms with Gasteiger partial charge in [-0.3, -0.25) is 9.78 Å². The quantitative estimate of drug-likeness (QED) is 0.674. The molecule has 0 spiro atoms. The summed E-state index contributed by atoms with van der Waals surface area (Å²) in [5.74, 6) is -0.0214. The molecule has 2 aliphatic rings. The smallest absolute Gasteiger partial charge is 0.255 e. The van der Waals surface area contributed by atoms with Crippen LogP contribution in [0, 0.1) is 0 Å². The lowest BCUT2D eigenvalue weighted by Crippen LogP contribution is -2.64. The maximum atomic E-state index is 12.8. The topological polar surface area (TPSA) is 79.8 Å². The third-order valence-electron chi connectivity index (χ3n) is 5.79. The number of nitrogens with zero attached hydrogens (tertiary/aromatic N) is 3. The molecule has 2 aliphatic heterocycles. The van der Waals surface area contributed by atoms with Gasteiger partial charge in [-0.2, -0.15) is 0 Å². The standard InChI is InChI=1S/C21H25N3O4S/c1-28-20-19(17-7-11-22-12-8-17)24(21(20)25)18-9-13-23(14-10-18)29(26,27)15-16-5-3-2-4-6-16/h2-8,11-12,18-20H,9-10,13-15H2,1H3/t19-,20+/m0/s1. The van der Waals surface area contributed by atoms with Crippen LogP contribution in [0.3, 0.4) is 0 Å². The number of amides is 1. The van der Waals surface area contributed by atoms with Gasteiger partial charge in [0.1, 0.15) is 0 Å². The van der Waals surface area contributed by atoms with Crippen LogP contribution in [0.4, 0.5) is 0 Å². The number of carbonyl (C=O) groups excluding carboxylic acids is 1. The fraction of sp³-hybridized carbons (Fsp3) is 0.429. The Bertz CT molecular complexity index is 944. The number of β-lactam (4-membered cyclic amide) rings is 1. The van der Waals surface area contributed by atoms with Gasteiger partial charge in [-0.1, -0.05) is 30.3 Å². The molecule has 154 valence electrons. The highest BCUT2D eigenvalue weighted by Crippen LogP contribution is 2.40. The Morgan fingerprint density at radius 3 is 2.34 bits per heavy atom. The first-order valence-corrected chi connectivity index (χ1v) is 11.4. The van der Waals surface area contributed by atoms with Crippen molar-refractivity contribution in [2.24, 2.45) is 0 Å². The molecule has 4 rings (SSSR count). The fourth-order valence-electron chi connectivity index (χ4n) is 4.29. The van der Waals surface area contributed by atoms with E-state index >= 15 is 0 Å². The summed E-state index contributed by atoms with van der Waals surface area (Å²) in [5.41, 5.74) is 1.78. The van der Waals surface area contributed by atoms with Crippen molar-refractivity contribution in [1.82, 2.24) is 14.2 Å². The molecule has 1 aromatic heterocycles. The van der Waals surface area contributed by atoms with Gasteiger partial charge in [0.15, 0.2) is 6.10 Å². The molecule has 2 atom stereocenters. The number of aromatic nitrogens is 1. The Balaban J connectivity index is 1.43. The van der Waals surface area contributed by atoms with E-state index in [4.69, 9.17) is 4.74 Å². The molecule has 0 unspecified atom stereocenters. The van der Waals surface area contributed by atoms with E-state index < -0.39 is 16.1 Å². The first kappa shape index (κ1) is 20.0. The second-order valence-corrected chi connectivity index (χ2v) is 9.47. The summed E-state index contributed by atoms with van der Waals surface area (Å²) in [4.78, 5) is 18.6. The van der Waals surface area contributed by atoms with Gasteiger partial charge >= 0.3 is 0 Å². The van der Waals surface area contributed by atoms with Gasteiger partial charge in [-0.25, -0.2) is 12.7 Å². The molecule has 2 aromatic rings. The monoisotopic (exact) mass is 415 g/mol. The average Bonchev–Trinajstić information content (AvgIpc) is 2.74. The molecule has 0 bridgehead atoms. The zero-order chi connectivity index (χ0) is 20.4. The number of sulfonamides is 1. The van der Waals surface area contributed by atoms with Crippen molar-refractivity contribution < 1.29 is 17.9 Å².